The minimum Gasteiger partial charge on any atom is -0.493 e. The molecule has 0 aliphatic heterocycles. The molecular weight excluding hydrogens is 191 g/mol. The van der Waals surface area contributed by atoms with Crippen LogP contribution < -0.4 is 4.74 Å². The monoisotopic (exact) mass is 210 g/mol. The van der Waals surface area contributed by atoms with Crippen molar-refractivity contribution >= 4 is 0 Å². The molecule has 0 spiro atoms. The van der Waals surface area contributed by atoms with Crippen LogP contribution in [0.3, 0.4) is 0 Å². The lowest BCUT2D eigenvalue weighted by atomic mass is 10.2. The van der Waals surface area contributed by atoms with Crippen LogP contribution in [0.1, 0.15) is 38.2 Å². The van der Waals surface area contributed by atoms with Gasteiger partial charge in [-0.15, -0.1) is 0 Å². The first kappa shape index (κ1) is 12.0. The summed E-state index contributed by atoms with van der Waals surface area (Å²) < 4.78 is 18.6. The van der Waals surface area contributed by atoms with Gasteiger partial charge in [0.2, 0.25) is 0 Å². The molecule has 1 aromatic rings. The summed E-state index contributed by atoms with van der Waals surface area (Å²) in [5.74, 6) is 0.440. The Balaban J connectivity index is 2.28. The van der Waals surface area contributed by atoms with E-state index in [4.69, 9.17) is 4.74 Å². The van der Waals surface area contributed by atoms with Crippen LogP contribution >= 0.6 is 0 Å². The summed E-state index contributed by atoms with van der Waals surface area (Å²) in [6.07, 6.45) is 4.69. The zero-order chi connectivity index (χ0) is 11.1. The zero-order valence-electron chi connectivity index (χ0n) is 9.55. The van der Waals surface area contributed by atoms with Crippen molar-refractivity contribution in [3.8, 4) is 5.75 Å². The van der Waals surface area contributed by atoms with Gasteiger partial charge in [0.15, 0.2) is 0 Å². The number of unbranched alkanes of at least 4 members (excludes halogenated alkanes) is 3. The van der Waals surface area contributed by atoms with Gasteiger partial charge in [0.05, 0.1) is 6.61 Å². The quantitative estimate of drug-likeness (QED) is 0.642. The van der Waals surface area contributed by atoms with Crippen molar-refractivity contribution in [1.82, 2.24) is 0 Å². The Bertz CT molecular complexity index is 297. The fourth-order valence-electron chi connectivity index (χ4n) is 1.38. The summed E-state index contributed by atoms with van der Waals surface area (Å²) in [5.41, 5.74) is 0.660. The van der Waals surface area contributed by atoms with Gasteiger partial charge in [-0.05, 0) is 25.0 Å². The van der Waals surface area contributed by atoms with Crippen LogP contribution in [0.25, 0.3) is 0 Å². The van der Waals surface area contributed by atoms with E-state index in [0.717, 1.165) is 6.42 Å². The van der Waals surface area contributed by atoms with Gasteiger partial charge >= 0.3 is 0 Å². The van der Waals surface area contributed by atoms with E-state index >= 15 is 0 Å². The Morgan fingerprint density at radius 3 is 2.67 bits per heavy atom. The topological polar surface area (TPSA) is 9.23 Å². The molecule has 1 aromatic carbocycles. The summed E-state index contributed by atoms with van der Waals surface area (Å²) >= 11 is 0. The van der Waals surface area contributed by atoms with E-state index in [-0.39, 0.29) is 5.82 Å². The molecule has 0 unspecified atom stereocenters. The fourth-order valence-corrected chi connectivity index (χ4v) is 1.38. The van der Waals surface area contributed by atoms with Crippen LogP contribution in [0.4, 0.5) is 4.39 Å². The van der Waals surface area contributed by atoms with Gasteiger partial charge in [-0.1, -0.05) is 32.3 Å². The zero-order valence-corrected chi connectivity index (χ0v) is 9.55. The highest BCUT2D eigenvalue weighted by Gasteiger charge is 1.99. The largest absolute Gasteiger partial charge is 0.493 e. The van der Waals surface area contributed by atoms with Crippen molar-refractivity contribution < 1.29 is 9.13 Å². The molecule has 0 saturated heterocycles. The van der Waals surface area contributed by atoms with Crippen LogP contribution in [0, 0.1) is 12.7 Å². The number of ether oxygens (including phenoxy) is 1. The second-order valence-electron chi connectivity index (χ2n) is 3.82. The first-order valence-corrected chi connectivity index (χ1v) is 5.63. The number of aryl methyl sites for hydroxylation is 1. The molecule has 1 nitrogen and oxygen atoms in total. The highest BCUT2D eigenvalue weighted by molar-refractivity contribution is 5.27. The molecule has 0 saturated carbocycles. The maximum atomic E-state index is 13.1. The van der Waals surface area contributed by atoms with Crippen LogP contribution in [0.5, 0.6) is 5.75 Å². The van der Waals surface area contributed by atoms with Gasteiger partial charge in [0, 0.05) is 6.07 Å². The van der Waals surface area contributed by atoms with Gasteiger partial charge < -0.3 is 4.74 Å². The maximum absolute atomic E-state index is 13.1. The number of hydrogen-bond acceptors (Lipinski definition) is 1. The molecule has 15 heavy (non-hydrogen) atoms. The first-order chi connectivity index (χ1) is 7.24. The summed E-state index contributed by atoms with van der Waals surface area (Å²) in [7, 11) is 0. The lowest BCUT2D eigenvalue weighted by Gasteiger charge is -2.06. The van der Waals surface area contributed by atoms with Crippen molar-refractivity contribution in [2.24, 2.45) is 0 Å². The Kier molecular flexibility index (Phi) is 5.16. The maximum Gasteiger partial charge on any atom is 0.129 e. The number of halogens is 1. The van der Waals surface area contributed by atoms with Gasteiger partial charge in [-0.2, -0.15) is 0 Å². The van der Waals surface area contributed by atoms with Gasteiger partial charge in [0.1, 0.15) is 11.6 Å². The summed E-state index contributed by atoms with van der Waals surface area (Å²) in [5, 5.41) is 0. The smallest absolute Gasteiger partial charge is 0.129 e. The summed E-state index contributed by atoms with van der Waals surface area (Å²) in [6, 6.07) is 5.02. The van der Waals surface area contributed by atoms with E-state index in [2.05, 4.69) is 6.92 Å². The average molecular weight is 210 g/mol. The van der Waals surface area contributed by atoms with Crippen LogP contribution in [0.2, 0.25) is 0 Å². The Labute approximate surface area is 91.3 Å². The van der Waals surface area contributed by atoms with E-state index in [1.54, 1.807) is 13.0 Å². The molecule has 0 aromatic heterocycles. The minimum absolute atomic E-state index is 0.193. The fraction of sp³-hybridized carbons (Fsp3) is 0.538. The number of rotatable bonds is 6. The van der Waals surface area contributed by atoms with E-state index in [1.165, 1.54) is 25.3 Å². The normalized spacial score (nSPS) is 10.3. The Morgan fingerprint density at radius 2 is 2.00 bits per heavy atom. The van der Waals surface area contributed by atoms with Gasteiger partial charge in [-0.3, -0.25) is 0 Å². The highest BCUT2D eigenvalue weighted by Crippen LogP contribution is 2.16. The number of hydrogen-bond donors (Lipinski definition) is 0. The van der Waals surface area contributed by atoms with Crippen LogP contribution in [-0.2, 0) is 0 Å². The molecule has 0 heterocycles. The molecule has 1 rings (SSSR count). The standard InChI is InChI=1S/C13H19FO/c1-3-4-5-6-9-15-12-8-7-11(2)13(14)10-12/h7-8,10H,3-6,9H2,1-2H3. The molecule has 84 valence electrons. The highest BCUT2D eigenvalue weighted by atomic mass is 19.1. The minimum atomic E-state index is -0.193. The molecule has 0 aliphatic rings. The molecule has 0 atom stereocenters. The second kappa shape index (κ2) is 6.44. The lowest BCUT2D eigenvalue weighted by molar-refractivity contribution is 0.303. The van der Waals surface area contributed by atoms with Crippen molar-refractivity contribution in [2.75, 3.05) is 6.61 Å². The molecule has 0 aliphatic carbocycles. The molecule has 0 fully saturated rings. The SMILES string of the molecule is CCCCCCOc1ccc(C)c(F)c1. The Morgan fingerprint density at radius 1 is 1.20 bits per heavy atom. The van der Waals surface area contributed by atoms with Gasteiger partial charge in [-0.25, -0.2) is 4.39 Å². The van der Waals surface area contributed by atoms with Gasteiger partial charge in [0.25, 0.3) is 0 Å². The summed E-state index contributed by atoms with van der Waals surface area (Å²) in [4.78, 5) is 0. The van der Waals surface area contributed by atoms with Crippen molar-refractivity contribution in [2.45, 2.75) is 39.5 Å². The molecule has 0 N–H and O–H groups in total. The Hall–Kier alpha value is -1.05. The molecule has 2 heteroatoms. The molecule has 0 bridgehead atoms. The molecule has 0 amide bonds. The van der Waals surface area contributed by atoms with Crippen molar-refractivity contribution in [3.63, 3.8) is 0 Å². The van der Waals surface area contributed by atoms with E-state index in [9.17, 15) is 4.39 Å². The van der Waals surface area contributed by atoms with E-state index < -0.39 is 0 Å². The third kappa shape index (κ3) is 4.32. The van der Waals surface area contributed by atoms with Crippen LogP contribution in [-0.4, -0.2) is 6.61 Å². The summed E-state index contributed by atoms with van der Waals surface area (Å²) in [6.45, 7) is 4.61. The first-order valence-electron chi connectivity index (χ1n) is 5.63. The second-order valence-corrected chi connectivity index (χ2v) is 3.82. The van der Waals surface area contributed by atoms with Crippen molar-refractivity contribution in [1.29, 1.82) is 0 Å². The van der Waals surface area contributed by atoms with Crippen LogP contribution in [0.15, 0.2) is 18.2 Å². The number of benzene rings is 1. The van der Waals surface area contributed by atoms with Crippen molar-refractivity contribution in [3.05, 3.63) is 29.6 Å². The molecule has 0 radical (unpaired) electrons. The average Bonchev–Trinajstić information content (AvgIpc) is 2.23. The molecular formula is C13H19FO. The van der Waals surface area contributed by atoms with E-state index in [1.807, 2.05) is 6.07 Å². The predicted octanol–water partition coefficient (Wildman–Crippen LogP) is 4.09. The third-order valence-electron chi connectivity index (χ3n) is 2.41. The van der Waals surface area contributed by atoms with E-state index in [0.29, 0.717) is 17.9 Å². The predicted molar refractivity (Wildman–Crippen MR) is 60.8 cm³/mol. The lowest BCUT2D eigenvalue weighted by Crippen LogP contribution is -1.97. The third-order valence-corrected chi connectivity index (χ3v) is 2.41.